The quantitative estimate of drug-likeness (QED) is 0.666. The molecule has 0 aliphatic rings. The zero-order valence-electron chi connectivity index (χ0n) is 10.6. The second kappa shape index (κ2) is 6.03. The van der Waals surface area contributed by atoms with Gasteiger partial charge in [-0.1, -0.05) is 15.9 Å². The molecule has 1 nitrogen and oxygen atoms in total. The average molecular weight is 436 g/mol. The lowest BCUT2D eigenvalue weighted by molar-refractivity contribution is 0.697. The van der Waals surface area contributed by atoms with Gasteiger partial charge in [-0.2, -0.15) is 0 Å². The number of thiophene rings is 1. The molecule has 2 aromatic rings. The fraction of sp³-hybridized carbons (Fsp3) is 0.286. The molecule has 4 heteroatoms. The van der Waals surface area contributed by atoms with Gasteiger partial charge in [0, 0.05) is 17.8 Å². The zero-order valence-corrected chi connectivity index (χ0v) is 15.1. The van der Waals surface area contributed by atoms with Gasteiger partial charge in [-0.3, -0.25) is 0 Å². The lowest BCUT2D eigenvalue weighted by Crippen LogP contribution is -2.18. The molecule has 0 aliphatic carbocycles. The number of hydrogen-bond acceptors (Lipinski definition) is 2. The Hall–Kier alpha value is 0.0900. The number of hydrogen-bond donors (Lipinski definition) is 1. The molecular weight excluding hydrogens is 421 g/mol. The van der Waals surface area contributed by atoms with Crippen molar-refractivity contribution in [3.8, 4) is 0 Å². The fourth-order valence-corrected chi connectivity index (χ4v) is 4.27. The Labute approximate surface area is 134 Å². The van der Waals surface area contributed by atoms with Gasteiger partial charge >= 0.3 is 0 Å². The van der Waals surface area contributed by atoms with E-state index in [1.807, 2.05) is 18.4 Å². The molecule has 0 saturated carbocycles. The smallest absolute Gasteiger partial charge is 0.0682 e. The summed E-state index contributed by atoms with van der Waals surface area (Å²) in [6.45, 7) is 4.35. The number of nitrogens with one attached hydrogen (secondary N) is 1. The van der Waals surface area contributed by atoms with Crippen LogP contribution >= 0.6 is 49.9 Å². The van der Waals surface area contributed by atoms with Crippen molar-refractivity contribution in [1.82, 2.24) is 5.32 Å². The van der Waals surface area contributed by atoms with Crippen molar-refractivity contribution in [1.29, 1.82) is 0 Å². The predicted molar refractivity (Wildman–Crippen MR) is 91.6 cm³/mol. The summed E-state index contributed by atoms with van der Waals surface area (Å²) in [6, 6.07) is 8.99. The van der Waals surface area contributed by atoms with Gasteiger partial charge in [0.25, 0.3) is 0 Å². The van der Waals surface area contributed by atoms with Crippen LogP contribution in [0.2, 0.25) is 0 Å². The monoisotopic (exact) mass is 435 g/mol. The van der Waals surface area contributed by atoms with Crippen LogP contribution in [-0.2, 0) is 0 Å². The van der Waals surface area contributed by atoms with E-state index in [-0.39, 0.29) is 6.04 Å². The Morgan fingerprint density at radius 3 is 2.56 bits per heavy atom. The van der Waals surface area contributed by atoms with Crippen molar-refractivity contribution >= 4 is 49.9 Å². The Morgan fingerprint density at radius 2 is 2.00 bits per heavy atom. The topological polar surface area (TPSA) is 12.0 Å². The highest BCUT2D eigenvalue weighted by molar-refractivity contribution is 14.1. The standard InChI is InChI=1S/C14H15BrINS/c1-8-6-9(2)18-14(8)13(17-3)11-7-10(16)4-5-12(11)15/h4-7,13,17H,1-3H3. The first-order valence-electron chi connectivity index (χ1n) is 5.72. The third-order valence-corrected chi connectivity index (χ3v) is 5.51. The highest BCUT2D eigenvalue weighted by atomic mass is 127. The van der Waals surface area contributed by atoms with E-state index in [0.717, 1.165) is 4.47 Å². The van der Waals surface area contributed by atoms with Gasteiger partial charge in [-0.25, -0.2) is 0 Å². The summed E-state index contributed by atoms with van der Waals surface area (Å²) in [4.78, 5) is 2.77. The lowest BCUT2D eigenvalue weighted by Gasteiger charge is -2.18. The maximum atomic E-state index is 3.66. The SMILES string of the molecule is CNC(c1cc(I)ccc1Br)c1sc(C)cc1C. The molecular formula is C14H15BrINS. The molecule has 0 amide bonds. The van der Waals surface area contributed by atoms with Gasteiger partial charge in [0.2, 0.25) is 0 Å². The third-order valence-electron chi connectivity index (χ3n) is 2.90. The first-order chi connectivity index (χ1) is 8.52. The first kappa shape index (κ1) is 14.5. The Bertz CT molecular complexity index is 565. The van der Waals surface area contributed by atoms with Crippen molar-refractivity contribution in [2.24, 2.45) is 0 Å². The van der Waals surface area contributed by atoms with E-state index in [9.17, 15) is 0 Å². The van der Waals surface area contributed by atoms with Gasteiger partial charge in [0.05, 0.1) is 6.04 Å². The van der Waals surface area contributed by atoms with Crippen LogP contribution in [0, 0.1) is 17.4 Å². The molecule has 2 rings (SSSR count). The van der Waals surface area contributed by atoms with E-state index < -0.39 is 0 Å². The van der Waals surface area contributed by atoms with Crippen molar-refractivity contribution < 1.29 is 0 Å². The molecule has 0 aliphatic heterocycles. The molecule has 1 atom stereocenters. The minimum atomic E-state index is 0.257. The number of benzene rings is 1. The molecule has 18 heavy (non-hydrogen) atoms. The van der Waals surface area contributed by atoms with E-state index in [2.05, 4.69) is 82.0 Å². The molecule has 1 aromatic heterocycles. The second-order valence-electron chi connectivity index (χ2n) is 4.29. The lowest BCUT2D eigenvalue weighted by atomic mass is 10.0. The van der Waals surface area contributed by atoms with Gasteiger partial charge in [-0.05, 0) is 78.9 Å². The van der Waals surface area contributed by atoms with Crippen LogP contribution < -0.4 is 5.32 Å². The first-order valence-corrected chi connectivity index (χ1v) is 8.41. The minimum Gasteiger partial charge on any atom is -0.309 e. The minimum absolute atomic E-state index is 0.257. The van der Waals surface area contributed by atoms with Gasteiger partial charge in [0.15, 0.2) is 0 Å². The molecule has 1 heterocycles. The van der Waals surface area contributed by atoms with Crippen LogP contribution in [0.5, 0.6) is 0 Å². The molecule has 0 bridgehead atoms. The maximum Gasteiger partial charge on any atom is 0.0682 e. The zero-order chi connectivity index (χ0) is 13.3. The fourth-order valence-electron chi connectivity index (χ4n) is 2.11. The summed E-state index contributed by atoms with van der Waals surface area (Å²) in [5.74, 6) is 0. The summed E-state index contributed by atoms with van der Waals surface area (Å²) in [6.07, 6.45) is 0. The van der Waals surface area contributed by atoms with Crippen LogP contribution in [0.25, 0.3) is 0 Å². The highest BCUT2D eigenvalue weighted by Gasteiger charge is 2.19. The maximum absolute atomic E-state index is 3.66. The van der Waals surface area contributed by atoms with Gasteiger partial charge < -0.3 is 5.32 Å². The molecule has 0 radical (unpaired) electrons. The van der Waals surface area contributed by atoms with Gasteiger partial charge in [-0.15, -0.1) is 11.3 Å². The van der Waals surface area contributed by atoms with Crippen molar-refractivity contribution in [2.45, 2.75) is 19.9 Å². The van der Waals surface area contributed by atoms with E-state index in [4.69, 9.17) is 0 Å². The summed E-state index contributed by atoms with van der Waals surface area (Å²) >= 11 is 7.89. The Morgan fingerprint density at radius 1 is 1.28 bits per heavy atom. The van der Waals surface area contributed by atoms with Crippen LogP contribution in [0.4, 0.5) is 0 Å². The van der Waals surface area contributed by atoms with E-state index >= 15 is 0 Å². The van der Waals surface area contributed by atoms with Gasteiger partial charge in [0.1, 0.15) is 0 Å². The molecule has 0 spiro atoms. The number of aryl methyl sites for hydroxylation is 2. The van der Waals surface area contributed by atoms with Crippen LogP contribution in [0.15, 0.2) is 28.7 Å². The summed E-state index contributed by atoms with van der Waals surface area (Å²) in [5.41, 5.74) is 2.66. The number of rotatable bonds is 3. The summed E-state index contributed by atoms with van der Waals surface area (Å²) in [5, 5.41) is 3.43. The van der Waals surface area contributed by atoms with Crippen LogP contribution in [0.1, 0.15) is 26.9 Å². The highest BCUT2D eigenvalue weighted by Crippen LogP contribution is 2.35. The normalized spacial score (nSPS) is 12.7. The van der Waals surface area contributed by atoms with E-state index in [1.54, 1.807) is 0 Å². The second-order valence-corrected chi connectivity index (χ2v) is 7.68. The van der Waals surface area contributed by atoms with Crippen molar-refractivity contribution in [3.63, 3.8) is 0 Å². The molecule has 1 N–H and O–H groups in total. The van der Waals surface area contributed by atoms with E-state index in [1.165, 1.54) is 24.5 Å². The van der Waals surface area contributed by atoms with Crippen molar-refractivity contribution in [3.05, 3.63) is 53.2 Å². The molecule has 1 aromatic carbocycles. The summed E-state index contributed by atoms with van der Waals surface area (Å²) < 4.78 is 2.42. The molecule has 0 fully saturated rings. The van der Waals surface area contributed by atoms with Crippen LogP contribution in [-0.4, -0.2) is 7.05 Å². The predicted octanol–water partition coefficient (Wildman–Crippen LogP) is 5.04. The third kappa shape index (κ3) is 2.98. The van der Waals surface area contributed by atoms with E-state index in [0.29, 0.717) is 0 Å². The van der Waals surface area contributed by atoms with Crippen molar-refractivity contribution in [2.75, 3.05) is 7.05 Å². The number of halogens is 2. The van der Waals surface area contributed by atoms with Crippen LogP contribution in [0.3, 0.4) is 0 Å². The largest absolute Gasteiger partial charge is 0.309 e. The Kier molecular flexibility index (Phi) is 4.86. The molecule has 0 saturated heterocycles. The Balaban J connectivity index is 2.51. The summed E-state index contributed by atoms with van der Waals surface area (Å²) in [7, 11) is 2.02. The molecule has 1 unspecified atom stereocenters. The average Bonchev–Trinajstić information content (AvgIpc) is 2.64. The molecule has 96 valence electrons.